The molecule has 0 radical (unpaired) electrons. The third-order valence-corrected chi connectivity index (χ3v) is 7.35. The van der Waals surface area contributed by atoms with Crippen molar-refractivity contribution in [2.45, 2.75) is 51.1 Å². The van der Waals surface area contributed by atoms with Gasteiger partial charge in [-0.3, -0.25) is 4.79 Å². The van der Waals surface area contributed by atoms with Crippen molar-refractivity contribution in [3.63, 3.8) is 0 Å². The summed E-state index contributed by atoms with van der Waals surface area (Å²) in [5.74, 6) is -0.532. The number of carbonyl (C=O) groups is 1. The molecule has 3 nitrogen and oxygen atoms in total. The van der Waals surface area contributed by atoms with Gasteiger partial charge in [0.05, 0.1) is 17.9 Å². The van der Waals surface area contributed by atoms with Crippen molar-refractivity contribution in [3.8, 4) is 5.75 Å². The van der Waals surface area contributed by atoms with Crippen molar-refractivity contribution < 1.29 is 27.1 Å². The molecule has 2 aromatic carbocycles. The lowest BCUT2D eigenvalue weighted by molar-refractivity contribution is -0.137. The summed E-state index contributed by atoms with van der Waals surface area (Å²) < 4.78 is 58.8. The van der Waals surface area contributed by atoms with Crippen LogP contribution in [0.25, 0.3) is 0 Å². The number of halogens is 5. The molecule has 1 aliphatic heterocycles. The van der Waals surface area contributed by atoms with E-state index < -0.39 is 23.0 Å². The van der Waals surface area contributed by atoms with E-state index >= 15 is 0 Å². The molecule has 0 saturated heterocycles. The van der Waals surface area contributed by atoms with E-state index in [2.05, 4.69) is 5.32 Å². The Kier molecular flexibility index (Phi) is 5.68. The molecule has 8 heteroatoms. The number of benzene rings is 2. The first-order valence-electron chi connectivity index (χ1n) is 10.5. The summed E-state index contributed by atoms with van der Waals surface area (Å²) in [7, 11) is 0. The van der Waals surface area contributed by atoms with Gasteiger partial charge in [-0.2, -0.15) is 13.2 Å². The van der Waals surface area contributed by atoms with Crippen LogP contribution in [0.4, 0.5) is 23.2 Å². The molecule has 2 aromatic rings. The third-order valence-electron chi connectivity index (χ3n) is 7.11. The van der Waals surface area contributed by atoms with Crippen LogP contribution in [0.3, 0.4) is 0 Å². The number of carbonyl (C=O) groups excluding carboxylic acids is 1. The largest absolute Gasteiger partial charge is 0.492 e. The molecule has 1 spiro atoms. The number of hydrogen-bond acceptors (Lipinski definition) is 2. The van der Waals surface area contributed by atoms with E-state index in [4.69, 9.17) is 16.3 Å². The molecule has 4 rings (SSSR count). The highest BCUT2D eigenvalue weighted by molar-refractivity contribution is 6.30. The van der Waals surface area contributed by atoms with Crippen LogP contribution in [-0.2, 0) is 16.4 Å². The lowest BCUT2D eigenvalue weighted by Crippen LogP contribution is -2.43. The summed E-state index contributed by atoms with van der Waals surface area (Å²) in [5, 5.41) is 2.92. The molecule has 1 saturated carbocycles. The van der Waals surface area contributed by atoms with Gasteiger partial charge in [0.2, 0.25) is 5.91 Å². The van der Waals surface area contributed by atoms with Gasteiger partial charge in [0.15, 0.2) is 0 Å². The summed E-state index contributed by atoms with van der Waals surface area (Å²) in [6, 6.07) is 7.82. The van der Waals surface area contributed by atoms with Crippen LogP contribution in [0.15, 0.2) is 36.4 Å². The molecule has 1 amide bonds. The van der Waals surface area contributed by atoms with Crippen molar-refractivity contribution in [3.05, 3.63) is 58.4 Å². The van der Waals surface area contributed by atoms with Gasteiger partial charge in [-0.25, -0.2) is 4.39 Å². The maximum absolute atomic E-state index is 14.1. The zero-order valence-corrected chi connectivity index (χ0v) is 18.5. The van der Waals surface area contributed by atoms with Gasteiger partial charge >= 0.3 is 6.18 Å². The fraction of sp³-hybridized carbons (Fsp3) is 0.458. The van der Waals surface area contributed by atoms with Gasteiger partial charge in [0.25, 0.3) is 0 Å². The molecule has 2 aliphatic rings. The van der Waals surface area contributed by atoms with Gasteiger partial charge in [-0.15, -0.1) is 0 Å². The van der Waals surface area contributed by atoms with Crippen molar-refractivity contribution in [1.82, 2.24) is 0 Å². The van der Waals surface area contributed by atoms with Crippen LogP contribution in [0.5, 0.6) is 5.75 Å². The second kappa shape index (κ2) is 7.94. The molecule has 1 aliphatic carbocycles. The zero-order chi connectivity index (χ0) is 23.3. The molecule has 0 atom stereocenters. The lowest BCUT2D eigenvalue weighted by Gasteiger charge is -2.42. The lowest BCUT2D eigenvalue weighted by atomic mass is 9.62. The average Bonchev–Trinajstić information content (AvgIpc) is 3.07. The molecule has 1 fully saturated rings. The topological polar surface area (TPSA) is 38.3 Å². The first-order chi connectivity index (χ1) is 14.9. The SMILES string of the molecule is CC(C)(C(=O)Nc1ccc(Cl)cc1F)[C@H]1CC[C@]2(CC1)COc1cc(C(F)(F)F)ccc12. The maximum Gasteiger partial charge on any atom is 0.416 e. The van der Waals surface area contributed by atoms with Crippen LogP contribution in [0, 0.1) is 17.2 Å². The molecule has 172 valence electrons. The normalized spacial score (nSPS) is 23.0. The average molecular weight is 470 g/mol. The minimum atomic E-state index is -4.41. The fourth-order valence-corrected chi connectivity index (χ4v) is 5.07. The number of amides is 1. The van der Waals surface area contributed by atoms with Crippen LogP contribution >= 0.6 is 11.6 Å². The second-order valence-corrected chi connectivity index (χ2v) is 9.79. The van der Waals surface area contributed by atoms with Gasteiger partial charge in [-0.05, 0) is 61.9 Å². The van der Waals surface area contributed by atoms with Crippen molar-refractivity contribution in [1.29, 1.82) is 0 Å². The van der Waals surface area contributed by atoms with Crippen molar-refractivity contribution >= 4 is 23.2 Å². The molecule has 1 heterocycles. The smallest absolute Gasteiger partial charge is 0.416 e. The number of ether oxygens (including phenoxy) is 1. The summed E-state index contributed by atoms with van der Waals surface area (Å²) >= 11 is 5.77. The molecule has 0 aromatic heterocycles. The highest BCUT2D eigenvalue weighted by Gasteiger charge is 2.48. The molecular weight excluding hydrogens is 446 g/mol. The van der Waals surface area contributed by atoms with Crippen LogP contribution in [-0.4, -0.2) is 12.5 Å². The third kappa shape index (κ3) is 4.07. The maximum atomic E-state index is 14.1. The Hall–Kier alpha value is -2.28. The fourth-order valence-electron chi connectivity index (χ4n) is 4.92. The number of fused-ring (bicyclic) bond motifs is 2. The highest BCUT2D eigenvalue weighted by atomic mass is 35.5. The van der Waals surface area contributed by atoms with Crippen molar-refractivity contribution in [2.75, 3.05) is 11.9 Å². The Labute approximate surface area is 189 Å². The molecule has 0 unspecified atom stereocenters. The van der Waals surface area contributed by atoms with Crippen LogP contribution < -0.4 is 10.1 Å². The van der Waals surface area contributed by atoms with Crippen LogP contribution in [0.2, 0.25) is 5.02 Å². The molecule has 0 bridgehead atoms. The number of alkyl halides is 3. The summed E-state index contributed by atoms with van der Waals surface area (Å²) in [6.45, 7) is 4.03. The molecular formula is C24H24ClF4NO2. The number of nitrogens with one attached hydrogen (secondary N) is 1. The van der Waals surface area contributed by atoms with Gasteiger partial charge in [0.1, 0.15) is 11.6 Å². The molecule has 1 N–H and O–H groups in total. The summed E-state index contributed by atoms with van der Waals surface area (Å²) in [6.07, 6.45) is -1.56. The Bertz CT molecular complexity index is 1040. The van der Waals surface area contributed by atoms with E-state index in [1.54, 1.807) is 0 Å². The summed E-state index contributed by atoms with van der Waals surface area (Å²) in [5.41, 5.74) is -0.900. The second-order valence-electron chi connectivity index (χ2n) is 9.35. The Morgan fingerprint density at radius 2 is 1.81 bits per heavy atom. The number of hydrogen-bond donors (Lipinski definition) is 1. The van der Waals surface area contributed by atoms with E-state index in [-0.39, 0.29) is 28.0 Å². The van der Waals surface area contributed by atoms with Crippen molar-refractivity contribution in [2.24, 2.45) is 11.3 Å². The first kappa shape index (κ1) is 22.9. The highest BCUT2D eigenvalue weighted by Crippen LogP contribution is 2.53. The predicted octanol–water partition coefficient (Wildman–Crippen LogP) is 6.98. The van der Waals surface area contributed by atoms with E-state index in [1.807, 2.05) is 13.8 Å². The quantitative estimate of drug-likeness (QED) is 0.492. The van der Waals surface area contributed by atoms with Gasteiger partial charge < -0.3 is 10.1 Å². The predicted molar refractivity (Wildman–Crippen MR) is 114 cm³/mol. The van der Waals surface area contributed by atoms with Crippen LogP contribution in [0.1, 0.15) is 50.7 Å². The minimum absolute atomic E-state index is 0.0435. The van der Waals surface area contributed by atoms with E-state index in [0.29, 0.717) is 38.0 Å². The van der Waals surface area contributed by atoms with E-state index in [1.165, 1.54) is 18.2 Å². The number of rotatable bonds is 3. The van der Waals surface area contributed by atoms with E-state index in [0.717, 1.165) is 23.8 Å². The Morgan fingerprint density at radius 1 is 1.12 bits per heavy atom. The first-order valence-corrected chi connectivity index (χ1v) is 10.9. The standard InChI is InChI=1S/C24H24ClF4NO2/c1-22(2,21(31)30-19-6-4-16(25)12-18(19)26)14-7-9-23(10-8-14)13-32-20-11-15(24(27,28)29)3-5-17(20)23/h3-6,11-12,14H,7-10,13H2,1-2H3,(H,30,31)/t14-,23-. The molecule has 32 heavy (non-hydrogen) atoms. The Morgan fingerprint density at radius 3 is 2.44 bits per heavy atom. The van der Waals surface area contributed by atoms with Gasteiger partial charge in [0, 0.05) is 21.4 Å². The number of anilines is 1. The Balaban J connectivity index is 1.46. The monoisotopic (exact) mass is 469 g/mol. The van der Waals surface area contributed by atoms with E-state index in [9.17, 15) is 22.4 Å². The summed E-state index contributed by atoms with van der Waals surface area (Å²) in [4.78, 5) is 13.0. The zero-order valence-electron chi connectivity index (χ0n) is 17.8. The minimum Gasteiger partial charge on any atom is -0.492 e. The van der Waals surface area contributed by atoms with Gasteiger partial charge in [-0.1, -0.05) is 31.5 Å².